The number of allylic oxidation sites excluding steroid dienone is 4. The monoisotopic (exact) mass is 135 g/mol. The first kappa shape index (κ1) is 6.81. The minimum atomic E-state index is 0.657. The lowest BCUT2D eigenvalue weighted by molar-refractivity contribution is -0.115. The maximum Gasteiger partial charge on any atom is 0.213 e. The number of carbonyl (C=O) groups excluding carboxylic acids is 1. The van der Waals surface area contributed by atoms with Gasteiger partial charge in [0, 0.05) is 12.7 Å². The van der Waals surface area contributed by atoms with E-state index in [1.165, 1.54) is 0 Å². The molecule has 0 saturated heterocycles. The van der Waals surface area contributed by atoms with E-state index in [-0.39, 0.29) is 0 Å². The standard InChI is InChI=1S/C8H9NO/c10-8-9-6-4-2-1-3-5-7-9/h1-6,8H,7H2/b2-1-,5-3-,6-4-. The first-order valence-electron chi connectivity index (χ1n) is 3.14. The van der Waals surface area contributed by atoms with E-state index >= 15 is 0 Å². The van der Waals surface area contributed by atoms with E-state index < -0.39 is 0 Å². The van der Waals surface area contributed by atoms with Crippen LogP contribution in [-0.4, -0.2) is 17.9 Å². The van der Waals surface area contributed by atoms with E-state index in [4.69, 9.17) is 0 Å². The van der Waals surface area contributed by atoms with Crippen LogP contribution in [0.1, 0.15) is 0 Å². The van der Waals surface area contributed by atoms with Gasteiger partial charge in [-0.05, 0) is 6.08 Å². The minimum Gasteiger partial charge on any atom is -0.318 e. The molecule has 2 nitrogen and oxygen atoms in total. The molecule has 0 saturated carbocycles. The van der Waals surface area contributed by atoms with Gasteiger partial charge in [-0.3, -0.25) is 4.79 Å². The maximum atomic E-state index is 10.2. The Labute approximate surface area is 60.1 Å². The summed E-state index contributed by atoms with van der Waals surface area (Å²) in [5.41, 5.74) is 0. The van der Waals surface area contributed by atoms with Crippen LogP contribution in [0.3, 0.4) is 0 Å². The Morgan fingerprint density at radius 2 is 2.00 bits per heavy atom. The van der Waals surface area contributed by atoms with Crippen molar-refractivity contribution < 1.29 is 4.79 Å². The van der Waals surface area contributed by atoms with Gasteiger partial charge in [0.2, 0.25) is 6.41 Å². The number of carbonyl (C=O) groups is 1. The fourth-order valence-electron chi connectivity index (χ4n) is 0.689. The zero-order valence-electron chi connectivity index (χ0n) is 5.60. The fraction of sp³-hybridized carbons (Fsp3) is 0.125. The molecule has 10 heavy (non-hydrogen) atoms. The van der Waals surface area contributed by atoms with Gasteiger partial charge in [0.15, 0.2) is 0 Å². The van der Waals surface area contributed by atoms with Gasteiger partial charge in [0.25, 0.3) is 0 Å². The summed E-state index contributed by atoms with van der Waals surface area (Å²) in [6, 6.07) is 0. The third kappa shape index (κ3) is 1.90. The predicted octanol–water partition coefficient (Wildman–Crippen LogP) is 1.08. The molecular weight excluding hydrogens is 126 g/mol. The molecule has 1 rings (SSSR count). The molecule has 0 bridgehead atoms. The largest absolute Gasteiger partial charge is 0.318 e. The Bertz CT molecular complexity index is 191. The van der Waals surface area contributed by atoms with Crippen molar-refractivity contribution >= 4 is 6.41 Å². The molecule has 0 spiro atoms. The van der Waals surface area contributed by atoms with Crippen LogP contribution in [0.2, 0.25) is 0 Å². The molecule has 0 aromatic heterocycles. The molecule has 0 radical (unpaired) electrons. The van der Waals surface area contributed by atoms with Crippen molar-refractivity contribution in [2.24, 2.45) is 0 Å². The molecule has 0 aliphatic carbocycles. The van der Waals surface area contributed by atoms with Gasteiger partial charge in [-0.2, -0.15) is 0 Å². The summed E-state index contributed by atoms with van der Waals surface area (Å²) >= 11 is 0. The van der Waals surface area contributed by atoms with Crippen LogP contribution >= 0.6 is 0 Å². The molecule has 1 heterocycles. The zero-order chi connectivity index (χ0) is 7.23. The average molecular weight is 135 g/mol. The van der Waals surface area contributed by atoms with Crippen LogP contribution in [0.4, 0.5) is 0 Å². The molecule has 0 fully saturated rings. The summed E-state index contributed by atoms with van der Waals surface area (Å²) in [6.45, 7) is 0.657. The molecule has 1 amide bonds. The van der Waals surface area contributed by atoms with Gasteiger partial charge in [-0.15, -0.1) is 0 Å². The van der Waals surface area contributed by atoms with Crippen LogP contribution in [0.5, 0.6) is 0 Å². The average Bonchev–Trinajstić information content (AvgIpc) is 1.87. The molecular formula is C8H9NO. The lowest BCUT2D eigenvalue weighted by Gasteiger charge is -2.07. The highest BCUT2D eigenvalue weighted by Gasteiger charge is 1.90. The van der Waals surface area contributed by atoms with Gasteiger partial charge >= 0.3 is 0 Å². The Hall–Kier alpha value is -1.31. The van der Waals surface area contributed by atoms with Crippen molar-refractivity contribution in [1.82, 2.24) is 4.90 Å². The summed E-state index contributed by atoms with van der Waals surface area (Å²) in [4.78, 5) is 11.8. The van der Waals surface area contributed by atoms with E-state index in [2.05, 4.69) is 0 Å². The molecule has 2 heteroatoms. The zero-order valence-corrected chi connectivity index (χ0v) is 5.60. The molecule has 1 aliphatic rings. The van der Waals surface area contributed by atoms with E-state index in [1.807, 2.05) is 30.4 Å². The highest BCUT2D eigenvalue weighted by atomic mass is 16.1. The topological polar surface area (TPSA) is 20.3 Å². The lowest BCUT2D eigenvalue weighted by Crippen LogP contribution is -2.14. The van der Waals surface area contributed by atoms with Crippen LogP contribution < -0.4 is 0 Å². The Morgan fingerprint density at radius 3 is 2.80 bits per heavy atom. The lowest BCUT2D eigenvalue weighted by atomic mass is 10.3. The van der Waals surface area contributed by atoms with Crippen molar-refractivity contribution in [2.45, 2.75) is 0 Å². The number of hydrogen-bond acceptors (Lipinski definition) is 1. The molecule has 52 valence electrons. The van der Waals surface area contributed by atoms with E-state index in [9.17, 15) is 4.79 Å². The van der Waals surface area contributed by atoms with Gasteiger partial charge in [0.05, 0.1) is 0 Å². The number of rotatable bonds is 1. The minimum absolute atomic E-state index is 0.657. The second kappa shape index (κ2) is 3.67. The highest BCUT2D eigenvalue weighted by molar-refractivity contribution is 5.49. The normalized spacial score (nSPS) is 26.2. The van der Waals surface area contributed by atoms with E-state index in [1.54, 1.807) is 11.1 Å². The summed E-state index contributed by atoms with van der Waals surface area (Å²) in [5, 5.41) is 0. The second-order valence-corrected chi connectivity index (χ2v) is 1.96. The maximum absolute atomic E-state index is 10.2. The first-order chi connectivity index (χ1) is 4.93. The van der Waals surface area contributed by atoms with Gasteiger partial charge in [0.1, 0.15) is 0 Å². The summed E-state index contributed by atoms with van der Waals surface area (Å²) in [7, 11) is 0. The van der Waals surface area contributed by atoms with Gasteiger partial charge in [-0.1, -0.05) is 24.3 Å². The van der Waals surface area contributed by atoms with Crippen LogP contribution in [0.25, 0.3) is 0 Å². The summed E-state index contributed by atoms with van der Waals surface area (Å²) in [6.07, 6.45) is 12.0. The predicted molar refractivity (Wildman–Crippen MR) is 40.2 cm³/mol. The number of amides is 1. The van der Waals surface area contributed by atoms with Crippen molar-refractivity contribution in [3.63, 3.8) is 0 Å². The SMILES string of the molecule is O=CN1\C=C/C=C\C=C/C1. The quantitative estimate of drug-likeness (QED) is 0.493. The third-order valence-electron chi connectivity index (χ3n) is 1.20. The van der Waals surface area contributed by atoms with Gasteiger partial charge < -0.3 is 4.90 Å². The molecule has 0 unspecified atom stereocenters. The number of hydrogen-bond donors (Lipinski definition) is 0. The molecule has 0 atom stereocenters. The van der Waals surface area contributed by atoms with Crippen molar-refractivity contribution in [2.75, 3.05) is 6.54 Å². The highest BCUT2D eigenvalue weighted by Crippen LogP contribution is 1.91. The smallest absolute Gasteiger partial charge is 0.213 e. The summed E-state index contributed by atoms with van der Waals surface area (Å²) < 4.78 is 0. The number of nitrogens with zero attached hydrogens (tertiary/aromatic N) is 1. The summed E-state index contributed by atoms with van der Waals surface area (Å²) in [5.74, 6) is 0. The van der Waals surface area contributed by atoms with E-state index in [0.29, 0.717) is 6.54 Å². The second-order valence-electron chi connectivity index (χ2n) is 1.96. The van der Waals surface area contributed by atoms with Crippen LogP contribution in [-0.2, 0) is 4.79 Å². The van der Waals surface area contributed by atoms with Crippen molar-refractivity contribution in [1.29, 1.82) is 0 Å². The van der Waals surface area contributed by atoms with Crippen LogP contribution in [0.15, 0.2) is 36.6 Å². The van der Waals surface area contributed by atoms with Crippen molar-refractivity contribution in [3.8, 4) is 0 Å². The van der Waals surface area contributed by atoms with Gasteiger partial charge in [-0.25, -0.2) is 0 Å². The Morgan fingerprint density at radius 1 is 1.20 bits per heavy atom. The third-order valence-corrected chi connectivity index (χ3v) is 1.20. The molecule has 0 aromatic rings. The first-order valence-corrected chi connectivity index (χ1v) is 3.14. The van der Waals surface area contributed by atoms with Crippen LogP contribution in [0, 0.1) is 0 Å². The molecule has 0 aromatic carbocycles. The fourth-order valence-corrected chi connectivity index (χ4v) is 0.689. The van der Waals surface area contributed by atoms with Crippen molar-refractivity contribution in [3.05, 3.63) is 36.6 Å². The molecule has 1 aliphatic heterocycles. The molecule has 0 N–H and O–H groups in total. The van der Waals surface area contributed by atoms with E-state index in [0.717, 1.165) is 6.41 Å². The Kier molecular flexibility index (Phi) is 2.49. The Balaban J connectivity index is 2.63.